The molecule has 4 nitrogen and oxygen atoms in total. The van der Waals surface area contributed by atoms with Gasteiger partial charge in [0.25, 0.3) is 0 Å². The van der Waals surface area contributed by atoms with Gasteiger partial charge in [0.1, 0.15) is 0 Å². The molecule has 2 atom stereocenters. The first-order valence-corrected chi connectivity index (χ1v) is 9.87. The molecule has 0 amide bonds. The van der Waals surface area contributed by atoms with Crippen LogP contribution in [-0.4, -0.2) is 41.2 Å². The number of hydrogen-bond donors (Lipinski definition) is 0. The smallest absolute Gasteiger partial charge is 0.161 e. The van der Waals surface area contributed by atoms with Crippen molar-refractivity contribution in [3.8, 4) is 11.5 Å². The van der Waals surface area contributed by atoms with Crippen LogP contribution >= 0.6 is 0 Å². The van der Waals surface area contributed by atoms with Crippen molar-refractivity contribution in [1.29, 1.82) is 0 Å². The first kappa shape index (κ1) is 22.8. The van der Waals surface area contributed by atoms with Gasteiger partial charge in [0.2, 0.25) is 0 Å². The summed E-state index contributed by atoms with van der Waals surface area (Å²) in [6.45, 7) is 9.09. The normalized spacial score (nSPS) is 13.7. The van der Waals surface area contributed by atoms with E-state index in [1.165, 1.54) is 12.0 Å². The van der Waals surface area contributed by atoms with E-state index in [-0.39, 0.29) is 0 Å². The molecule has 150 valence electrons. The minimum absolute atomic E-state index is 0.513. The molecule has 0 radical (unpaired) electrons. The van der Waals surface area contributed by atoms with Gasteiger partial charge in [-0.25, -0.2) is 0 Å². The lowest BCUT2D eigenvalue weighted by Gasteiger charge is -2.30. The summed E-state index contributed by atoms with van der Waals surface area (Å²) in [6, 6.07) is 6.41. The standard InChI is InChI=1S/C22H38O4/c1-7-19(20(17(2)3)10-8-13-23-4)18-11-12-21(25-6)22(16-18)26-15-9-14-24-5/h11-12,16-17,19-20H,7-10,13-15H2,1-6H3/t19-,20?/m0/s1. The van der Waals surface area contributed by atoms with Crippen molar-refractivity contribution in [3.63, 3.8) is 0 Å². The van der Waals surface area contributed by atoms with Crippen LogP contribution in [0, 0.1) is 11.8 Å². The summed E-state index contributed by atoms with van der Waals surface area (Å²) in [7, 11) is 5.18. The Bertz CT molecular complexity index is 487. The molecule has 0 aliphatic rings. The topological polar surface area (TPSA) is 36.9 Å². The van der Waals surface area contributed by atoms with Crippen molar-refractivity contribution in [1.82, 2.24) is 0 Å². The zero-order valence-corrected chi connectivity index (χ0v) is 17.5. The average molecular weight is 367 g/mol. The van der Waals surface area contributed by atoms with Crippen molar-refractivity contribution in [2.45, 2.75) is 52.4 Å². The molecule has 0 bridgehead atoms. The number of hydrogen-bond acceptors (Lipinski definition) is 4. The van der Waals surface area contributed by atoms with Crippen molar-refractivity contribution < 1.29 is 18.9 Å². The van der Waals surface area contributed by atoms with Gasteiger partial charge in [0.15, 0.2) is 11.5 Å². The summed E-state index contributed by atoms with van der Waals surface area (Å²) in [5.74, 6) is 3.40. The molecular weight excluding hydrogens is 328 g/mol. The average Bonchev–Trinajstić information content (AvgIpc) is 2.64. The fourth-order valence-corrected chi connectivity index (χ4v) is 3.67. The van der Waals surface area contributed by atoms with Crippen LogP contribution < -0.4 is 9.47 Å². The van der Waals surface area contributed by atoms with E-state index in [0.717, 1.165) is 37.4 Å². The lowest BCUT2D eigenvalue weighted by Crippen LogP contribution is -2.19. The van der Waals surface area contributed by atoms with Gasteiger partial charge in [-0.15, -0.1) is 0 Å². The van der Waals surface area contributed by atoms with E-state index in [1.807, 2.05) is 6.07 Å². The van der Waals surface area contributed by atoms with Gasteiger partial charge in [-0.05, 0) is 54.7 Å². The summed E-state index contributed by atoms with van der Waals surface area (Å²) < 4.78 is 21.8. The first-order chi connectivity index (χ1) is 12.6. The molecule has 1 aromatic carbocycles. The number of benzene rings is 1. The predicted molar refractivity (Wildman–Crippen MR) is 107 cm³/mol. The van der Waals surface area contributed by atoms with Crippen LogP contribution in [0.25, 0.3) is 0 Å². The molecule has 0 aliphatic heterocycles. The van der Waals surface area contributed by atoms with Gasteiger partial charge in [0, 0.05) is 33.9 Å². The molecule has 0 aromatic heterocycles. The molecule has 26 heavy (non-hydrogen) atoms. The highest BCUT2D eigenvalue weighted by molar-refractivity contribution is 5.44. The second-order valence-electron chi connectivity index (χ2n) is 7.16. The maximum Gasteiger partial charge on any atom is 0.161 e. The molecule has 1 unspecified atom stereocenters. The van der Waals surface area contributed by atoms with E-state index in [0.29, 0.717) is 31.0 Å². The molecular formula is C22H38O4. The summed E-state index contributed by atoms with van der Waals surface area (Å²) in [4.78, 5) is 0. The largest absolute Gasteiger partial charge is 0.493 e. The minimum Gasteiger partial charge on any atom is -0.493 e. The first-order valence-electron chi connectivity index (χ1n) is 9.87. The van der Waals surface area contributed by atoms with Crippen LogP contribution in [0.4, 0.5) is 0 Å². The Morgan fingerprint density at radius 1 is 0.885 bits per heavy atom. The second kappa shape index (κ2) is 13.0. The molecule has 0 fully saturated rings. The zero-order chi connectivity index (χ0) is 19.4. The Hall–Kier alpha value is -1.26. The van der Waals surface area contributed by atoms with Gasteiger partial charge in [-0.2, -0.15) is 0 Å². The fourth-order valence-electron chi connectivity index (χ4n) is 3.67. The summed E-state index contributed by atoms with van der Waals surface area (Å²) in [5.41, 5.74) is 1.34. The Morgan fingerprint density at radius 3 is 2.15 bits per heavy atom. The molecule has 0 spiro atoms. The fraction of sp³-hybridized carbons (Fsp3) is 0.727. The van der Waals surface area contributed by atoms with Crippen molar-refractivity contribution in [3.05, 3.63) is 23.8 Å². The highest BCUT2D eigenvalue weighted by atomic mass is 16.5. The number of rotatable bonds is 14. The molecule has 0 saturated heterocycles. The van der Waals surface area contributed by atoms with Crippen LogP contribution in [0.1, 0.15) is 57.9 Å². The Balaban J connectivity index is 2.96. The van der Waals surface area contributed by atoms with Crippen LogP contribution in [0.15, 0.2) is 18.2 Å². The number of methoxy groups -OCH3 is 3. The molecule has 1 rings (SSSR count). The zero-order valence-electron chi connectivity index (χ0n) is 17.5. The molecule has 0 aliphatic carbocycles. The molecule has 0 N–H and O–H groups in total. The second-order valence-corrected chi connectivity index (χ2v) is 7.16. The van der Waals surface area contributed by atoms with Gasteiger partial charge >= 0.3 is 0 Å². The van der Waals surface area contributed by atoms with Crippen molar-refractivity contribution >= 4 is 0 Å². The van der Waals surface area contributed by atoms with Gasteiger partial charge in [0.05, 0.1) is 13.7 Å². The van der Waals surface area contributed by atoms with Gasteiger partial charge in [-0.3, -0.25) is 0 Å². The van der Waals surface area contributed by atoms with Crippen LogP contribution in [0.3, 0.4) is 0 Å². The predicted octanol–water partition coefficient (Wildman–Crippen LogP) is 5.30. The summed E-state index contributed by atoms with van der Waals surface area (Å²) in [6.07, 6.45) is 4.27. The maximum atomic E-state index is 5.98. The molecule has 4 heteroatoms. The molecule has 0 saturated carbocycles. The number of ether oxygens (including phenoxy) is 4. The Labute approximate surface area is 160 Å². The summed E-state index contributed by atoms with van der Waals surface area (Å²) >= 11 is 0. The van der Waals surface area contributed by atoms with E-state index in [1.54, 1.807) is 21.3 Å². The van der Waals surface area contributed by atoms with Gasteiger partial charge in [-0.1, -0.05) is 26.8 Å². The molecule has 1 aromatic rings. The third-order valence-corrected chi connectivity index (χ3v) is 5.07. The van der Waals surface area contributed by atoms with E-state index in [4.69, 9.17) is 18.9 Å². The highest BCUT2D eigenvalue weighted by Gasteiger charge is 2.25. The third-order valence-electron chi connectivity index (χ3n) is 5.07. The highest BCUT2D eigenvalue weighted by Crippen LogP contribution is 2.39. The van der Waals surface area contributed by atoms with Crippen molar-refractivity contribution in [2.24, 2.45) is 11.8 Å². The van der Waals surface area contributed by atoms with Crippen LogP contribution in [-0.2, 0) is 9.47 Å². The Morgan fingerprint density at radius 2 is 1.58 bits per heavy atom. The van der Waals surface area contributed by atoms with Crippen molar-refractivity contribution in [2.75, 3.05) is 41.2 Å². The van der Waals surface area contributed by atoms with E-state index < -0.39 is 0 Å². The Kier molecular flexibility index (Phi) is 11.4. The lowest BCUT2D eigenvalue weighted by molar-refractivity contribution is 0.170. The van der Waals surface area contributed by atoms with Crippen LogP contribution in [0.2, 0.25) is 0 Å². The maximum absolute atomic E-state index is 5.98. The van der Waals surface area contributed by atoms with E-state index in [2.05, 4.69) is 32.9 Å². The third kappa shape index (κ3) is 7.16. The summed E-state index contributed by atoms with van der Waals surface area (Å²) in [5, 5.41) is 0. The SMILES string of the molecule is CC[C@@H](c1ccc(OC)c(OCCCOC)c1)C(CCCOC)C(C)C. The van der Waals surface area contributed by atoms with E-state index in [9.17, 15) is 0 Å². The quantitative estimate of drug-likeness (QED) is 0.419. The minimum atomic E-state index is 0.513. The van der Waals surface area contributed by atoms with E-state index >= 15 is 0 Å². The monoisotopic (exact) mass is 366 g/mol. The van der Waals surface area contributed by atoms with Gasteiger partial charge < -0.3 is 18.9 Å². The molecule has 0 heterocycles. The lowest BCUT2D eigenvalue weighted by atomic mass is 9.75. The van der Waals surface area contributed by atoms with Crippen LogP contribution in [0.5, 0.6) is 11.5 Å².